The highest BCUT2D eigenvalue weighted by atomic mass is 35.5. The average Bonchev–Trinajstić information content (AvgIpc) is 2.57. The van der Waals surface area contributed by atoms with Crippen molar-refractivity contribution in [2.45, 2.75) is 26.2 Å². The normalized spacial score (nSPS) is 15.5. The van der Waals surface area contributed by atoms with Gasteiger partial charge in [0.1, 0.15) is 5.02 Å². The summed E-state index contributed by atoms with van der Waals surface area (Å²) in [5.74, 6) is 0.501. The van der Waals surface area contributed by atoms with Gasteiger partial charge >= 0.3 is 0 Å². The van der Waals surface area contributed by atoms with Gasteiger partial charge in [0.05, 0.1) is 5.56 Å². The molecular weight excluding hydrogens is 326 g/mol. The monoisotopic (exact) mass is 345 g/mol. The molecule has 1 N–H and O–H groups in total. The summed E-state index contributed by atoms with van der Waals surface area (Å²) in [5, 5.41) is 0.0452. The van der Waals surface area contributed by atoms with Gasteiger partial charge in [0.2, 0.25) is 0 Å². The number of aryl methyl sites for hydroxylation is 1. The lowest BCUT2D eigenvalue weighted by Gasteiger charge is -2.32. The van der Waals surface area contributed by atoms with Crippen molar-refractivity contribution < 1.29 is 4.79 Å². The molecule has 6 heteroatoms. The molecule has 126 valence electrons. The lowest BCUT2D eigenvalue weighted by molar-refractivity contribution is 0.0690. The van der Waals surface area contributed by atoms with E-state index in [0.717, 1.165) is 38.0 Å². The SMILES string of the molecule is Cc1cc(CC2CCN(C(=O)c3c[nH]c(=O)c(Cl)c3)CC2)ccn1. The fraction of sp³-hybridized carbons (Fsp3) is 0.389. The summed E-state index contributed by atoms with van der Waals surface area (Å²) >= 11 is 5.80. The van der Waals surface area contributed by atoms with E-state index in [2.05, 4.69) is 22.1 Å². The number of hydrogen-bond acceptors (Lipinski definition) is 3. The third kappa shape index (κ3) is 3.85. The lowest BCUT2D eigenvalue weighted by atomic mass is 9.90. The van der Waals surface area contributed by atoms with Gasteiger partial charge in [0.15, 0.2) is 0 Å². The molecule has 0 unspecified atom stereocenters. The zero-order chi connectivity index (χ0) is 17.1. The number of aromatic amines is 1. The number of nitrogens with zero attached hydrogens (tertiary/aromatic N) is 2. The van der Waals surface area contributed by atoms with E-state index < -0.39 is 0 Å². The van der Waals surface area contributed by atoms with Gasteiger partial charge in [0, 0.05) is 31.2 Å². The van der Waals surface area contributed by atoms with Gasteiger partial charge in [-0.05, 0) is 55.9 Å². The van der Waals surface area contributed by atoms with E-state index in [1.165, 1.54) is 17.8 Å². The molecule has 1 aliphatic heterocycles. The molecule has 5 nitrogen and oxygen atoms in total. The van der Waals surface area contributed by atoms with E-state index in [1.807, 2.05) is 18.0 Å². The van der Waals surface area contributed by atoms with Crippen LogP contribution in [0.1, 0.15) is 34.5 Å². The van der Waals surface area contributed by atoms with Crippen molar-refractivity contribution in [3.8, 4) is 0 Å². The van der Waals surface area contributed by atoms with Gasteiger partial charge in [-0.15, -0.1) is 0 Å². The Morgan fingerprint density at radius 3 is 2.79 bits per heavy atom. The maximum absolute atomic E-state index is 12.5. The van der Waals surface area contributed by atoms with Crippen LogP contribution in [-0.4, -0.2) is 33.9 Å². The van der Waals surface area contributed by atoms with E-state index in [1.54, 1.807) is 0 Å². The number of rotatable bonds is 3. The number of hydrogen-bond donors (Lipinski definition) is 1. The number of halogens is 1. The summed E-state index contributed by atoms with van der Waals surface area (Å²) in [7, 11) is 0. The molecule has 3 heterocycles. The predicted octanol–water partition coefficient (Wildman–Crippen LogP) is 2.83. The molecule has 2 aromatic rings. The van der Waals surface area contributed by atoms with Crippen LogP contribution in [0.2, 0.25) is 5.02 Å². The quantitative estimate of drug-likeness (QED) is 0.930. The molecule has 0 aliphatic carbocycles. The van der Waals surface area contributed by atoms with Crippen molar-refractivity contribution in [2.24, 2.45) is 5.92 Å². The van der Waals surface area contributed by atoms with Crippen molar-refractivity contribution in [1.29, 1.82) is 0 Å². The van der Waals surface area contributed by atoms with Gasteiger partial charge in [-0.25, -0.2) is 0 Å². The number of likely N-dealkylation sites (tertiary alicyclic amines) is 1. The second kappa shape index (κ2) is 7.18. The Labute approximate surface area is 145 Å². The van der Waals surface area contributed by atoms with E-state index >= 15 is 0 Å². The first kappa shape index (κ1) is 16.7. The molecule has 1 aliphatic rings. The Kier molecular flexibility index (Phi) is 5.00. The first-order chi connectivity index (χ1) is 11.5. The molecule has 0 radical (unpaired) electrons. The predicted molar refractivity (Wildman–Crippen MR) is 93.4 cm³/mol. The van der Waals surface area contributed by atoms with Crippen molar-refractivity contribution >= 4 is 17.5 Å². The molecule has 1 fully saturated rings. The third-order valence-electron chi connectivity index (χ3n) is 4.49. The number of pyridine rings is 2. The van der Waals surface area contributed by atoms with E-state index in [0.29, 0.717) is 11.5 Å². The summed E-state index contributed by atoms with van der Waals surface area (Å²) in [5.41, 5.74) is 2.40. The first-order valence-electron chi connectivity index (χ1n) is 8.12. The Hall–Kier alpha value is -2.14. The molecule has 2 aromatic heterocycles. The van der Waals surface area contributed by atoms with Gasteiger partial charge in [-0.1, -0.05) is 11.6 Å². The minimum atomic E-state index is -0.375. The number of nitrogens with one attached hydrogen (secondary N) is 1. The Morgan fingerprint density at radius 1 is 1.38 bits per heavy atom. The van der Waals surface area contributed by atoms with Crippen LogP contribution in [0.5, 0.6) is 0 Å². The molecule has 0 bridgehead atoms. The van der Waals surface area contributed by atoms with Crippen LogP contribution in [0.15, 0.2) is 35.4 Å². The molecule has 1 amide bonds. The Morgan fingerprint density at radius 2 is 2.12 bits per heavy atom. The minimum Gasteiger partial charge on any atom is -0.339 e. The molecule has 0 atom stereocenters. The Balaban J connectivity index is 1.59. The summed E-state index contributed by atoms with van der Waals surface area (Å²) in [6.45, 7) is 3.45. The second-order valence-electron chi connectivity index (χ2n) is 6.31. The minimum absolute atomic E-state index is 0.0452. The first-order valence-corrected chi connectivity index (χ1v) is 8.50. The molecular formula is C18H20ClN3O2. The third-order valence-corrected chi connectivity index (χ3v) is 4.77. The van der Waals surface area contributed by atoms with Crippen LogP contribution in [0.3, 0.4) is 0 Å². The molecule has 0 spiro atoms. The fourth-order valence-corrected chi connectivity index (χ4v) is 3.34. The Bertz CT molecular complexity index is 795. The molecule has 1 saturated heterocycles. The van der Waals surface area contributed by atoms with Crippen LogP contribution in [0, 0.1) is 12.8 Å². The van der Waals surface area contributed by atoms with Gasteiger partial charge < -0.3 is 9.88 Å². The number of piperidine rings is 1. The van der Waals surface area contributed by atoms with Crippen molar-refractivity contribution in [2.75, 3.05) is 13.1 Å². The van der Waals surface area contributed by atoms with E-state index in [-0.39, 0.29) is 16.5 Å². The zero-order valence-electron chi connectivity index (χ0n) is 13.6. The number of carbonyl (C=O) groups excluding carboxylic acids is 1. The van der Waals surface area contributed by atoms with Crippen molar-refractivity contribution in [3.63, 3.8) is 0 Å². The van der Waals surface area contributed by atoms with Crippen molar-refractivity contribution in [3.05, 3.63) is 62.8 Å². The molecule has 3 rings (SSSR count). The highest BCUT2D eigenvalue weighted by molar-refractivity contribution is 6.30. The molecule has 0 saturated carbocycles. The molecule has 24 heavy (non-hydrogen) atoms. The largest absolute Gasteiger partial charge is 0.339 e. The summed E-state index contributed by atoms with van der Waals surface area (Å²) in [6.07, 6.45) is 6.26. The van der Waals surface area contributed by atoms with E-state index in [9.17, 15) is 9.59 Å². The average molecular weight is 346 g/mol. The summed E-state index contributed by atoms with van der Waals surface area (Å²) in [4.78, 5) is 32.4. The highest BCUT2D eigenvalue weighted by Gasteiger charge is 2.24. The van der Waals surface area contributed by atoms with Crippen LogP contribution in [0.4, 0.5) is 0 Å². The maximum atomic E-state index is 12.5. The lowest BCUT2D eigenvalue weighted by Crippen LogP contribution is -2.39. The fourth-order valence-electron chi connectivity index (χ4n) is 3.17. The van der Waals surface area contributed by atoms with E-state index in [4.69, 9.17) is 11.6 Å². The van der Waals surface area contributed by atoms with Gasteiger partial charge in [0.25, 0.3) is 11.5 Å². The van der Waals surface area contributed by atoms with Crippen LogP contribution in [-0.2, 0) is 6.42 Å². The van der Waals surface area contributed by atoms with Crippen molar-refractivity contribution in [1.82, 2.24) is 14.9 Å². The van der Waals surface area contributed by atoms with Crippen LogP contribution in [0.25, 0.3) is 0 Å². The molecule has 0 aromatic carbocycles. The van der Waals surface area contributed by atoms with Gasteiger partial charge in [-0.3, -0.25) is 14.6 Å². The number of aromatic nitrogens is 2. The number of H-pyrrole nitrogens is 1. The number of carbonyl (C=O) groups is 1. The topological polar surface area (TPSA) is 66.1 Å². The van der Waals surface area contributed by atoms with Crippen LogP contribution < -0.4 is 5.56 Å². The smallest absolute Gasteiger partial charge is 0.266 e. The maximum Gasteiger partial charge on any atom is 0.266 e. The van der Waals surface area contributed by atoms with Crippen LogP contribution >= 0.6 is 11.6 Å². The standard InChI is InChI=1S/C18H20ClN3O2/c1-12-8-14(2-5-20-12)9-13-3-6-22(7-4-13)18(24)15-10-16(19)17(23)21-11-15/h2,5,8,10-11,13H,3-4,6-7,9H2,1H3,(H,21,23). The number of amides is 1. The summed E-state index contributed by atoms with van der Waals surface area (Å²) in [6, 6.07) is 5.63. The second-order valence-corrected chi connectivity index (χ2v) is 6.72. The highest BCUT2D eigenvalue weighted by Crippen LogP contribution is 2.23. The summed E-state index contributed by atoms with van der Waals surface area (Å²) < 4.78 is 0. The zero-order valence-corrected chi connectivity index (χ0v) is 14.3. The van der Waals surface area contributed by atoms with Gasteiger partial charge in [-0.2, -0.15) is 0 Å².